The molecule has 100 valence electrons. The number of aryl methyl sites for hydroxylation is 2. The molecule has 2 aromatic carbocycles. The summed E-state index contributed by atoms with van der Waals surface area (Å²) in [5.74, 6) is -0.579. The number of aromatic carboxylic acids is 1. The molecule has 0 atom stereocenters. The van der Waals surface area contributed by atoms with Crippen LogP contribution in [0.15, 0.2) is 42.5 Å². The van der Waals surface area contributed by atoms with E-state index in [0.29, 0.717) is 12.4 Å². The maximum absolute atomic E-state index is 11.1. The molecule has 0 bridgehead atoms. The number of carbonyl (C=O) groups is 1. The first-order valence-electron chi connectivity index (χ1n) is 6.08. The van der Waals surface area contributed by atoms with Crippen LogP contribution in [-0.4, -0.2) is 11.1 Å². The van der Waals surface area contributed by atoms with E-state index in [1.54, 1.807) is 24.3 Å². The molecule has 0 aromatic heterocycles. The van der Waals surface area contributed by atoms with Crippen LogP contribution in [0.2, 0.25) is 0 Å². The third-order valence-corrected chi connectivity index (χ3v) is 2.79. The molecule has 0 unspecified atom stereocenters. The minimum atomic E-state index is -0.976. The van der Waals surface area contributed by atoms with Gasteiger partial charge < -0.3 is 9.84 Å². The van der Waals surface area contributed by atoms with E-state index in [2.05, 4.69) is 6.07 Å². The number of carboxylic acids is 1. The molecule has 0 fully saturated rings. The van der Waals surface area contributed by atoms with Gasteiger partial charge in [-0.2, -0.15) is 0 Å². The van der Waals surface area contributed by atoms with Crippen LogP contribution in [0.1, 0.15) is 27.0 Å². The molecule has 2 aromatic rings. The molecule has 1 N–H and O–H groups in total. The number of benzene rings is 2. The Balaban J connectivity index is 0.00000200. The largest absolute Gasteiger partial charge is 0.488 e. The SMILES string of the molecule is Cc1cc(C)cc(COc2ccccc2C(=O)O)c1.[Zn]. The van der Waals surface area contributed by atoms with E-state index in [1.165, 1.54) is 11.1 Å². The van der Waals surface area contributed by atoms with Crippen molar-refractivity contribution in [3.63, 3.8) is 0 Å². The number of hydrogen-bond donors (Lipinski definition) is 1. The Labute approximate surface area is 131 Å². The second kappa shape index (κ2) is 7.21. The van der Waals surface area contributed by atoms with Crippen molar-refractivity contribution in [1.29, 1.82) is 0 Å². The summed E-state index contributed by atoms with van der Waals surface area (Å²) in [4.78, 5) is 11.1. The molecule has 0 amide bonds. The summed E-state index contributed by atoms with van der Waals surface area (Å²) in [6, 6.07) is 12.8. The monoisotopic (exact) mass is 320 g/mol. The summed E-state index contributed by atoms with van der Waals surface area (Å²) in [5.41, 5.74) is 3.57. The second-order valence-electron chi connectivity index (χ2n) is 4.59. The zero-order valence-corrected chi connectivity index (χ0v) is 14.7. The van der Waals surface area contributed by atoms with E-state index in [4.69, 9.17) is 9.84 Å². The smallest absolute Gasteiger partial charge is 0.339 e. The maximum Gasteiger partial charge on any atom is 0.339 e. The van der Waals surface area contributed by atoms with E-state index < -0.39 is 5.97 Å². The number of para-hydroxylation sites is 1. The van der Waals surface area contributed by atoms with E-state index >= 15 is 0 Å². The molecule has 20 heavy (non-hydrogen) atoms. The van der Waals surface area contributed by atoms with E-state index in [9.17, 15) is 4.79 Å². The molecule has 0 spiro atoms. The van der Waals surface area contributed by atoms with Gasteiger partial charge in [0.15, 0.2) is 0 Å². The Kier molecular flexibility index (Phi) is 5.90. The first kappa shape index (κ1) is 16.4. The fourth-order valence-corrected chi connectivity index (χ4v) is 2.08. The molecule has 0 aliphatic rings. The third-order valence-electron chi connectivity index (χ3n) is 2.79. The summed E-state index contributed by atoms with van der Waals surface area (Å²) in [6.07, 6.45) is 0. The van der Waals surface area contributed by atoms with Crippen molar-refractivity contribution in [3.8, 4) is 5.75 Å². The Morgan fingerprint density at radius 1 is 1.10 bits per heavy atom. The van der Waals surface area contributed by atoms with Gasteiger partial charge in [-0.05, 0) is 31.5 Å². The van der Waals surface area contributed by atoms with Crippen LogP contribution in [0.3, 0.4) is 0 Å². The molecular weight excluding hydrogens is 306 g/mol. The summed E-state index contributed by atoms with van der Waals surface area (Å²) >= 11 is 0. The van der Waals surface area contributed by atoms with Crippen molar-refractivity contribution in [2.75, 3.05) is 0 Å². The predicted octanol–water partition coefficient (Wildman–Crippen LogP) is 3.58. The zero-order chi connectivity index (χ0) is 13.8. The first-order valence-corrected chi connectivity index (χ1v) is 6.08. The van der Waals surface area contributed by atoms with Crippen molar-refractivity contribution < 1.29 is 34.1 Å². The molecule has 0 radical (unpaired) electrons. The number of rotatable bonds is 4. The summed E-state index contributed by atoms with van der Waals surface area (Å²) in [5, 5.41) is 9.07. The van der Waals surface area contributed by atoms with Gasteiger partial charge in [-0.1, -0.05) is 41.5 Å². The predicted molar refractivity (Wildman–Crippen MR) is 73.6 cm³/mol. The molecule has 4 heteroatoms. The first-order chi connectivity index (χ1) is 9.06. The minimum Gasteiger partial charge on any atom is -0.488 e. The number of hydrogen-bond acceptors (Lipinski definition) is 2. The van der Waals surface area contributed by atoms with Gasteiger partial charge in [0.05, 0.1) is 0 Å². The van der Waals surface area contributed by atoms with E-state index in [1.807, 2.05) is 26.0 Å². The normalized spacial score (nSPS) is 9.70. The third kappa shape index (κ3) is 4.17. The minimum absolute atomic E-state index is 0. The molecular formula is C16H16O3Zn. The van der Waals surface area contributed by atoms with Crippen molar-refractivity contribution in [1.82, 2.24) is 0 Å². The van der Waals surface area contributed by atoms with Crippen LogP contribution in [-0.2, 0) is 26.1 Å². The quantitative estimate of drug-likeness (QED) is 0.876. The van der Waals surface area contributed by atoms with Gasteiger partial charge in [0.2, 0.25) is 0 Å². The van der Waals surface area contributed by atoms with Gasteiger partial charge in [-0.3, -0.25) is 0 Å². The van der Waals surface area contributed by atoms with Crippen LogP contribution in [0, 0.1) is 13.8 Å². The van der Waals surface area contributed by atoms with Gasteiger partial charge in [-0.15, -0.1) is 0 Å². The van der Waals surface area contributed by atoms with Crippen molar-refractivity contribution in [2.24, 2.45) is 0 Å². The summed E-state index contributed by atoms with van der Waals surface area (Å²) < 4.78 is 5.61. The van der Waals surface area contributed by atoms with Gasteiger partial charge in [0.1, 0.15) is 17.9 Å². The van der Waals surface area contributed by atoms with Crippen LogP contribution in [0.4, 0.5) is 0 Å². The van der Waals surface area contributed by atoms with Crippen molar-refractivity contribution in [3.05, 3.63) is 64.7 Å². The maximum atomic E-state index is 11.1. The Hall–Kier alpha value is -1.67. The van der Waals surface area contributed by atoms with Crippen LogP contribution >= 0.6 is 0 Å². The standard InChI is InChI=1S/C16H16O3.Zn/c1-11-7-12(2)9-13(8-11)10-19-15-6-4-3-5-14(15)16(17)18;/h3-9H,10H2,1-2H3,(H,17,18);. The molecule has 0 saturated carbocycles. The van der Waals surface area contributed by atoms with Gasteiger partial charge in [-0.25, -0.2) is 4.79 Å². The molecule has 3 nitrogen and oxygen atoms in total. The molecule has 0 heterocycles. The Morgan fingerprint density at radius 2 is 1.70 bits per heavy atom. The van der Waals surface area contributed by atoms with Crippen molar-refractivity contribution in [2.45, 2.75) is 20.5 Å². The topological polar surface area (TPSA) is 46.5 Å². The second-order valence-corrected chi connectivity index (χ2v) is 4.59. The zero-order valence-electron chi connectivity index (χ0n) is 11.7. The molecule has 0 saturated heterocycles. The van der Waals surface area contributed by atoms with Gasteiger partial charge in [0, 0.05) is 19.5 Å². The molecule has 0 aliphatic heterocycles. The molecule has 0 aliphatic carbocycles. The fraction of sp³-hybridized carbons (Fsp3) is 0.188. The van der Waals surface area contributed by atoms with Crippen molar-refractivity contribution >= 4 is 5.97 Å². The average molecular weight is 322 g/mol. The summed E-state index contributed by atoms with van der Waals surface area (Å²) in [6.45, 7) is 4.43. The van der Waals surface area contributed by atoms with E-state index in [-0.39, 0.29) is 25.0 Å². The summed E-state index contributed by atoms with van der Waals surface area (Å²) in [7, 11) is 0. The Bertz CT molecular complexity index is 588. The van der Waals surface area contributed by atoms with Crippen LogP contribution < -0.4 is 4.74 Å². The van der Waals surface area contributed by atoms with Crippen LogP contribution in [0.25, 0.3) is 0 Å². The molecule has 2 rings (SSSR count). The van der Waals surface area contributed by atoms with Crippen LogP contribution in [0.5, 0.6) is 5.75 Å². The number of carboxylic acid groups (broad SMARTS) is 1. The van der Waals surface area contributed by atoms with E-state index in [0.717, 1.165) is 5.56 Å². The number of ether oxygens (including phenoxy) is 1. The van der Waals surface area contributed by atoms with Gasteiger partial charge in [0.25, 0.3) is 0 Å². The Morgan fingerprint density at radius 3 is 2.30 bits per heavy atom. The fourth-order valence-electron chi connectivity index (χ4n) is 2.08. The average Bonchev–Trinajstić information content (AvgIpc) is 2.35. The van der Waals surface area contributed by atoms with Gasteiger partial charge >= 0.3 is 5.97 Å².